The molecule has 6 nitrogen and oxygen atoms in total. The number of hydrogen-bond donors (Lipinski definition) is 2. The Bertz CT molecular complexity index is 1520. The molecule has 0 radical (unpaired) electrons. The van der Waals surface area contributed by atoms with Crippen molar-refractivity contribution in [2.75, 3.05) is 18.4 Å². The van der Waals surface area contributed by atoms with Crippen molar-refractivity contribution in [3.05, 3.63) is 106 Å². The first-order valence-corrected chi connectivity index (χ1v) is 13.8. The molecule has 1 aromatic heterocycles. The van der Waals surface area contributed by atoms with Crippen LogP contribution in [0.15, 0.2) is 94.6 Å². The summed E-state index contributed by atoms with van der Waals surface area (Å²) < 4.78 is 28.8. The largest absolute Gasteiger partial charge is 0.383 e. The molecule has 3 aromatic carbocycles. The van der Waals surface area contributed by atoms with E-state index < -0.39 is 10.0 Å². The highest BCUT2D eigenvalue weighted by Gasteiger charge is 2.14. The molecule has 0 unspecified atom stereocenters. The minimum Gasteiger partial charge on any atom is -0.383 e. The molecule has 184 valence electrons. The lowest BCUT2D eigenvalue weighted by Crippen LogP contribution is -2.26. The third kappa shape index (κ3) is 6.59. The molecule has 0 saturated carbocycles. The lowest BCUT2D eigenvalue weighted by Gasteiger charge is -2.10. The number of sulfonamides is 1. The number of carbonyl (C=O) groups excluding carboxylic acids is 1. The summed E-state index contributed by atoms with van der Waals surface area (Å²) in [5.41, 5.74) is 2.15. The van der Waals surface area contributed by atoms with Gasteiger partial charge in [0.2, 0.25) is 10.0 Å². The Kier molecular flexibility index (Phi) is 8.53. The number of aromatic nitrogens is 1. The van der Waals surface area contributed by atoms with Crippen molar-refractivity contribution >= 4 is 65.9 Å². The molecule has 0 saturated heterocycles. The number of halogens is 2. The van der Waals surface area contributed by atoms with Crippen molar-refractivity contribution < 1.29 is 13.2 Å². The van der Waals surface area contributed by atoms with Crippen LogP contribution in [0.4, 0.5) is 5.69 Å². The number of nitrogens with one attached hydrogen (secondary N) is 2. The molecular formula is C27H23BrClN3O3S. The SMILES string of the molecule is O=C(/C=C/c1ccccc1Br)c1ccc(S(=O)(=O)NCCCNc2cncc3cc(Cl)ccc23)cc1. The second-order valence-electron chi connectivity index (χ2n) is 7.97. The van der Waals surface area contributed by atoms with Crippen LogP contribution in [0.5, 0.6) is 0 Å². The van der Waals surface area contributed by atoms with Gasteiger partial charge in [-0.1, -0.05) is 51.8 Å². The number of carbonyl (C=O) groups is 1. The summed E-state index contributed by atoms with van der Waals surface area (Å²) in [7, 11) is -3.69. The maximum atomic E-state index is 12.6. The van der Waals surface area contributed by atoms with Crippen LogP contribution in [0.3, 0.4) is 0 Å². The van der Waals surface area contributed by atoms with Crippen LogP contribution in [-0.2, 0) is 10.0 Å². The Morgan fingerprint density at radius 2 is 1.78 bits per heavy atom. The zero-order valence-electron chi connectivity index (χ0n) is 19.1. The second kappa shape index (κ2) is 11.8. The molecule has 4 rings (SSSR count). The molecule has 1 heterocycles. The van der Waals surface area contributed by atoms with E-state index in [1.54, 1.807) is 18.5 Å². The van der Waals surface area contributed by atoms with Gasteiger partial charge in [-0.05, 0) is 66.6 Å². The van der Waals surface area contributed by atoms with Crippen LogP contribution in [-0.4, -0.2) is 32.3 Å². The quantitative estimate of drug-likeness (QED) is 0.129. The van der Waals surface area contributed by atoms with Crippen LogP contribution in [0.2, 0.25) is 5.02 Å². The van der Waals surface area contributed by atoms with E-state index in [-0.39, 0.29) is 17.2 Å². The number of rotatable bonds is 10. The van der Waals surface area contributed by atoms with Gasteiger partial charge in [0.05, 0.1) is 16.8 Å². The number of ketones is 1. The zero-order chi connectivity index (χ0) is 25.5. The molecule has 0 fully saturated rings. The van der Waals surface area contributed by atoms with Crippen LogP contribution in [0.1, 0.15) is 22.3 Å². The predicted molar refractivity (Wildman–Crippen MR) is 149 cm³/mol. The first-order chi connectivity index (χ1) is 17.3. The highest BCUT2D eigenvalue weighted by molar-refractivity contribution is 9.10. The van der Waals surface area contributed by atoms with Gasteiger partial charge in [0.1, 0.15) is 0 Å². The molecular weight excluding hydrogens is 562 g/mol. The smallest absolute Gasteiger partial charge is 0.240 e. The number of nitrogens with zero attached hydrogens (tertiary/aromatic N) is 1. The molecule has 9 heteroatoms. The number of benzene rings is 3. The van der Waals surface area contributed by atoms with Crippen LogP contribution in [0.25, 0.3) is 16.8 Å². The first-order valence-electron chi connectivity index (χ1n) is 11.2. The van der Waals surface area contributed by atoms with Gasteiger partial charge in [-0.3, -0.25) is 9.78 Å². The topological polar surface area (TPSA) is 88.2 Å². The molecule has 0 spiro atoms. The van der Waals surface area contributed by atoms with E-state index in [1.807, 2.05) is 42.5 Å². The van der Waals surface area contributed by atoms with Crippen molar-refractivity contribution in [2.24, 2.45) is 0 Å². The van der Waals surface area contributed by atoms with E-state index in [0.29, 0.717) is 23.6 Å². The second-order valence-corrected chi connectivity index (χ2v) is 11.0. The fourth-order valence-electron chi connectivity index (χ4n) is 3.56. The summed E-state index contributed by atoms with van der Waals surface area (Å²) in [5, 5.41) is 5.86. The van der Waals surface area contributed by atoms with Crippen molar-refractivity contribution in [2.45, 2.75) is 11.3 Å². The zero-order valence-corrected chi connectivity index (χ0v) is 22.3. The fourth-order valence-corrected chi connectivity index (χ4v) is 5.23. The van der Waals surface area contributed by atoms with E-state index >= 15 is 0 Å². The summed E-state index contributed by atoms with van der Waals surface area (Å²) >= 11 is 9.48. The fraction of sp³-hybridized carbons (Fsp3) is 0.111. The van der Waals surface area contributed by atoms with E-state index in [4.69, 9.17) is 11.6 Å². The average molecular weight is 585 g/mol. The van der Waals surface area contributed by atoms with E-state index in [9.17, 15) is 13.2 Å². The maximum Gasteiger partial charge on any atom is 0.240 e. The van der Waals surface area contributed by atoms with Crippen molar-refractivity contribution in [1.82, 2.24) is 9.71 Å². The van der Waals surface area contributed by atoms with E-state index in [1.165, 1.54) is 30.3 Å². The Morgan fingerprint density at radius 1 is 1.00 bits per heavy atom. The standard InChI is InChI=1S/C27H23BrClN3O3S/c28-25-5-2-1-4-19(25)8-13-27(33)20-6-10-23(11-7-20)36(34,35)32-15-3-14-31-26-18-30-17-21-16-22(29)9-12-24(21)26/h1-2,4-13,16-18,31-32H,3,14-15H2/b13-8+. The van der Waals surface area contributed by atoms with Gasteiger partial charge in [0.25, 0.3) is 0 Å². The molecule has 0 atom stereocenters. The lowest BCUT2D eigenvalue weighted by molar-refractivity contribution is 0.104. The van der Waals surface area contributed by atoms with Crippen LogP contribution in [0, 0.1) is 0 Å². The van der Waals surface area contributed by atoms with Gasteiger partial charge in [-0.2, -0.15) is 0 Å². The molecule has 0 bridgehead atoms. The monoisotopic (exact) mass is 583 g/mol. The van der Waals surface area contributed by atoms with E-state index in [0.717, 1.165) is 26.5 Å². The minimum absolute atomic E-state index is 0.108. The number of allylic oxidation sites excluding steroid dienone is 1. The molecule has 2 N–H and O–H groups in total. The van der Waals surface area contributed by atoms with Crippen molar-refractivity contribution in [3.8, 4) is 0 Å². The van der Waals surface area contributed by atoms with Gasteiger partial charge >= 0.3 is 0 Å². The average Bonchev–Trinajstić information content (AvgIpc) is 2.87. The molecule has 0 aliphatic heterocycles. The summed E-state index contributed by atoms with van der Waals surface area (Å²) in [6.07, 6.45) is 7.24. The number of hydrogen-bond acceptors (Lipinski definition) is 5. The van der Waals surface area contributed by atoms with Gasteiger partial charge in [0.15, 0.2) is 5.78 Å². The van der Waals surface area contributed by atoms with Gasteiger partial charge < -0.3 is 5.32 Å². The van der Waals surface area contributed by atoms with Crippen LogP contribution >= 0.6 is 27.5 Å². The Labute approximate surface area is 223 Å². The molecule has 0 aliphatic carbocycles. The summed E-state index contributed by atoms with van der Waals surface area (Å²) in [6.45, 7) is 0.817. The van der Waals surface area contributed by atoms with Crippen molar-refractivity contribution in [3.63, 3.8) is 0 Å². The van der Waals surface area contributed by atoms with Crippen LogP contribution < -0.4 is 10.0 Å². The number of fused-ring (bicyclic) bond motifs is 1. The first kappa shape index (κ1) is 26.0. The van der Waals surface area contributed by atoms with Gasteiger partial charge in [0, 0.05) is 45.1 Å². The summed E-state index contributed by atoms with van der Waals surface area (Å²) in [4.78, 5) is 16.8. The normalized spacial score (nSPS) is 11.7. The lowest BCUT2D eigenvalue weighted by atomic mass is 10.1. The summed E-state index contributed by atoms with van der Waals surface area (Å²) in [6, 6.07) is 19.1. The molecule has 0 aliphatic rings. The Hall–Kier alpha value is -3.04. The molecule has 4 aromatic rings. The minimum atomic E-state index is -3.69. The number of anilines is 1. The predicted octanol–water partition coefficient (Wildman–Crippen LogP) is 6.33. The van der Waals surface area contributed by atoms with Gasteiger partial charge in [-0.15, -0.1) is 0 Å². The van der Waals surface area contributed by atoms with Gasteiger partial charge in [-0.25, -0.2) is 13.1 Å². The highest BCUT2D eigenvalue weighted by Crippen LogP contribution is 2.25. The third-order valence-corrected chi connectivity index (χ3v) is 7.88. The highest BCUT2D eigenvalue weighted by atomic mass is 79.9. The summed E-state index contributed by atoms with van der Waals surface area (Å²) in [5.74, 6) is -0.209. The molecule has 36 heavy (non-hydrogen) atoms. The third-order valence-electron chi connectivity index (χ3n) is 5.45. The molecule has 0 amide bonds. The van der Waals surface area contributed by atoms with Crippen molar-refractivity contribution in [1.29, 1.82) is 0 Å². The Morgan fingerprint density at radius 3 is 2.56 bits per heavy atom. The number of pyridine rings is 1. The maximum absolute atomic E-state index is 12.6. The van der Waals surface area contributed by atoms with E-state index in [2.05, 4.69) is 31.0 Å². The Balaban J connectivity index is 1.29.